The van der Waals surface area contributed by atoms with Crippen LogP contribution in [0, 0.1) is 5.92 Å². The van der Waals surface area contributed by atoms with Crippen LogP contribution in [0.15, 0.2) is 27.9 Å². The van der Waals surface area contributed by atoms with E-state index in [0.717, 1.165) is 16.8 Å². The lowest BCUT2D eigenvalue weighted by Gasteiger charge is -2.19. The molecule has 0 aromatic heterocycles. The van der Waals surface area contributed by atoms with Crippen LogP contribution in [-0.2, 0) is 0 Å². The van der Waals surface area contributed by atoms with Gasteiger partial charge in [0.15, 0.2) is 0 Å². The molecule has 15 heavy (non-hydrogen) atoms. The molecule has 86 valence electrons. The standard InChI is InChI=1S/C13H23NO/c1-9(2)12(14-7)10(3)8-11(4)13(5,6)15/h8-9,15H,7H2,1-6H3/b11-8+,12-10-. The highest BCUT2D eigenvalue weighted by Crippen LogP contribution is 2.21. The summed E-state index contributed by atoms with van der Waals surface area (Å²) in [4.78, 5) is 4.03. The van der Waals surface area contributed by atoms with Gasteiger partial charge in [0.1, 0.15) is 0 Å². The third kappa shape index (κ3) is 4.43. The molecule has 0 saturated carbocycles. The monoisotopic (exact) mass is 209 g/mol. The van der Waals surface area contributed by atoms with Crippen molar-refractivity contribution in [2.45, 2.75) is 47.1 Å². The minimum atomic E-state index is -0.773. The maximum Gasteiger partial charge on any atom is 0.0801 e. The van der Waals surface area contributed by atoms with Gasteiger partial charge in [0.25, 0.3) is 0 Å². The molecule has 0 amide bonds. The molecule has 0 aliphatic carbocycles. The molecule has 0 saturated heterocycles. The molecule has 0 unspecified atom stereocenters. The van der Waals surface area contributed by atoms with Gasteiger partial charge in [-0.3, -0.25) is 4.99 Å². The zero-order chi connectivity index (χ0) is 12.2. The van der Waals surface area contributed by atoms with Crippen LogP contribution in [0.1, 0.15) is 41.5 Å². The first-order valence-electron chi connectivity index (χ1n) is 5.28. The van der Waals surface area contributed by atoms with E-state index >= 15 is 0 Å². The molecule has 0 heterocycles. The quantitative estimate of drug-likeness (QED) is 0.559. The van der Waals surface area contributed by atoms with Crippen LogP contribution in [0.25, 0.3) is 0 Å². The van der Waals surface area contributed by atoms with Gasteiger partial charge in [-0.15, -0.1) is 0 Å². The molecule has 0 rings (SSSR count). The molecule has 0 aliphatic rings. The van der Waals surface area contributed by atoms with E-state index in [1.807, 2.05) is 19.9 Å². The van der Waals surface area contributed by atoms with Gasteiger partial charge in [-0.1, -0.05) is 19.9 Å². The van der Waals surface area contributed by atoms with Crippen molar-refractivity contribution < 1.29 is 5.11 Å². The van der Waals surface area contributed by atoms with Crippen LogP contribution >= 0.6 is 0 Å². The topological polar surface area (TPSA) is 32.6 Å². The average Bonchev–Trinajstić information content (AvgIpc) is 2.02. The molecule has 0 aliphatic heterocycles. The summed E-state index contributed by atoms with van der Waals surface area (Å²) in [5, 5.41) is 9.79. The average molecular weight is 209 g/mol. The fraction of sp³-hybridized carbons (Fsp3) is 0.615. The fourth-order valence-electron chi connectivity index (χ4n) is 1.34. The summed E-state index contributed by atoms with van der Waals surface area (Å²) in [5.41, 5.74) is 2.21. The first-order chi connectivity index (χ1) is 6.70. The number of allylic oxidation sites excluding steroid dienone is 3. The number of nitrogens with zero attached hydrogens (tertiary/aromatic N) is 1. The number of aliphatic hydroxyl groups is 1. The van der Waals surface area contributed by atoms with Crippen molar-refractivity contribution in [1.29, 1.82) is 0 Å². The Morgan fingerprint density at radius 3 is 2.07 bits per heavy atom. The summed E-state index contributed by atoms with van der Waals surface area (Å²) in [6, 6.07) is 0. The van der Waals surface area contributed by atoms with Crippen molar-refractivity contribution in [3.8, 4) is 0 Å². The van der Waals surface area contributed by atoms with Crippen molar-refractivity contribution in [2.24, 2.45) is 10.9 Å². The summed E-state index contributed by atoms with van der Waals surface area (Å²) in [6.45, 7) is 15.2. The van der Waals surface area contributed by atoms with E-state index < -0.39 is 5.60 Å². The van der Waals surface area contributed by atoms with E-state index in [1.54, 1.807) is 13.8 Å². The van der Waals surface area contributed by atoms with Gasteiger partial charge in [-0.25, -0.2) is 0 Å². The zero-order valence-electron chi connectivity index (χ0n) is 10.8. The lowest BCUT2D eigenvalue weighted by molar-refractivity contribution is 0.120. The van der Waals surface area contributed by atoms with Crippen LogP contribution in [0.3, 0.4) is 0 Å². The van der Waals surface area contributed by atoms with Gasteiger partial charge in [0, 0.05) is 5.70 Å². The molecule has 0 fully saturated rings. The highest BCUT2D eigenvalue weighted by molar-refractivity contribution is 5.36. The van der Waals surface area contributed by atoms with Gasteiger partial charge in [0.2, 0.25) is 0 Å². The fourth-order valence-corrected chi connectivity index (χ4v) is 1.34. The highest BCUT2D eigenvalue weighted by atomic mass is 16.3. The second kappa shape index (κ2) is 5.26. The molecule has 0 atom stereocenters. The van der Waals surface area contributed by atoms with E-state index in [0.29, 0.717) is 5.92 Å². The lowest BCUT2D eigenvalue weighted by Crippen LogP contribution is -2.20. The third-order valence-corrected chi connectivity index (χ3v) is 2.52. The van der Waals surface area contributed by atoms with E-state index in [1.165, 1.54) is 0 Å². The molecular formula is C13H23NO. The van der Waals surface area contributed by atoms with E-state index in [9.17, 15) is 5.11 Å². The zero-order valence-corrected chi connectivity index (χ0v) is 10.8. The third-order valence-electron chi connectivity index (χ3n) is 2.52. The Labute approximate surface area is 93.4 Å². The molecule has 2 nitrogen and oxygen atoms in total. The lowest BCUT2D eigenvalue weighted by atomic mass is 9.96. The molecule has 2 heteroatoms. The van der Waals surface area contributed by atoms with Crippen molar-refractivity contribution >= 4 is 6.72 Å². The number of hydrogen-bond donors (Lipinski definition) is 1. The first kappa shape index (κ1) is 14.1. The Morgan fingerprint density at radius 2 is 1.80 bits per heavy atom. The largest absolute Gasteiger partial charge is 0.386 e. The smallest absolute Gasteiger partial charge is 0.0801 e. The molecule has 0 bridgehead atoms. The van der Waals surface area contributed by atoms with Gasteiger partial charge >= 0.3 is 0 Å². The first-order valence-corrected chi connectivity index (χ1v) is 5.28. The van der Waals surface area contributed by atoms with Crippen molar-refractivity contribution in [1.82, 2.24) is 0 Å². The van der Waals surface area contributed by atoms with E-state index in [2.05, 4.69) is 25.6 Å². The highest BCUT2D eigenvalue weighted by Gasteiger charge is 2.15. The Morgan fingerprint density at radius 1 is 1.33 bits per heavy atom. The van der Waals surface area contributed by atoms with Crippen molar-refractivity contribution in [3.63, 3.8) is 0 Å². The number of rotatable bonds is 4. The van der Waals surface area contributed by atoms with Gasteiger partial charge in [-0.05, 0) is 51.5 Å². The second-order valence-corrected chi connectivity index (χ2v) is 4.77. The van der Waals surface area contributed by atoms with E-state index in [4.69, 9.17) is 0 Å². The normalized spacial score (nSPS) is 15.3. The van der Waals surface area contributed by atoms with Crippen LogP contribution in [0.5, 0.6) is 0 Å². The van der Waals surface area contributed by atoms with E-state index in [-0.39, 0.29) is 0 Å². The Kier molecular flexibility index (Phi) is 4.95. The molecule has 0 aromatic rings. The van der Waals surface area contributed by atoms with Crippen LogP contribution < -0.4 is 0 Å². The summed E-state index contributed by atoms with van der Waals surface area (Å²) >= 11 is 0. The van der Waals surface area contributed by atoms with Crippen LogP contribution in [0.2, 0.25) is 0 Å². The maximum absolute atomic E-state index is 9.79. The Hall–Kier alpha value is -0.890. The van der Waals surface area contributed by atoms with Gasteiger partial charge < -0.3 is 5.11 Å². The Bertz CT molecular complexity index is 290. The molecule has 0 radical (unpaired) electrons. The summed E-state index contributed by atoms with van der Waals surface area (Å²) < 4.78 is 0. The van der Waals surface area contributed by atoms with Crippen molar-refractivity contribution in [3.05, 3.63) is 22.9 Å². The maximum atomic E-state index is 9.79. The number of aliphatic imine (C=N–C) groups is 1. The van der Waals surface area contributed by atoms with Crippen molar-refractivity contribution in [2.75, 3.05) is 0 Å². The Balaban J connectivity index is 5.17. The predicted molar refractivity (Wildman–Crippen MR) is 67.1 cm³/mol. The minimum absolute atomic E-state index is 0.355. The molecule has 0 spiro atoms. The van der Waals surface area contributed by atoms with Crippen LogP contribution in [-0.4, -0.2) is 17.4 Å². The SMILES string of the molecule is C=N/C(=C(C)\C=C(/C)C(C)(C)O)C(C)C. The molecule has 0 aromatic carbocycles. The molecule has 1 N–H and O–H groups in total. The van der Waals surface area contributed by atoms with Gasteiger partial charge in [0.05, 0.1) is 5.60 Å². The summed E-state index contributed by atoms with van der Waals surface area (Å²) in [7, 11) is 0. The number of hydrogen-bond acceptors (Lipinski definition) is 2. The minimum Gasteiger partial charge on any atom is -0.386 e. The summed E-state index contributed by atoms with van der Waals surface area (Å²) in [6.07, 6.45) is 1.98. The predicted octanol–water partition coefficient (Wildman–Crippen LogP) is 3.33. The summed E-state index contributed by atoms with van der Waals surface area (Å²) in [5.74, 6) is 0.355. The van der Waals surface area contributed by atoms with Gasteiger partial charge in [-0.2, -0.15) is 0 Å². The second-order valence-electron chi connectivity index (χ2n) is 4.77. The molecular weight excluding hydrogens is 186 g/mol. The van der Waals surface area contributed by atoms with Crippen LogP contribution in [0.4, 0.5) is 0 Å².